The number of allylic oxidation sites excluding steroid dienone is 1. The van der Waals surface area contributed by atoms with Crippen molar-refractivity contribution in [1.82, 2.24) is 0 Å². The van der Waals surface area contributed by atoms with E-state index in [1.165, 1.54) is 116 Å². The van der Waals surface area contributed by atoms with E-state index in [0.717, 1.165) is 25.7 Å². The molecule has 4 nitrogen and oxygen atoms in total. The second kappa shape index (κ2) is 28.2. The second-order valence-electron chi connectivity index (χ2n) is 9.82. The Bertz CT molecular complexity index is 522. The van der Waals surface area contributed by atoms with E-state index in [1.807, 2.05) is 0 Å². The first-order chi connectivity index (χ1) is 16.0. The molecule has 0 radical (unpaired) electrons. The minimum absolute atomic E-state index is 0. The van der Waals surface area contributed by atoms with E-state index in [4.69, 9.17) is 0 Å². The fraction of sp³-hybridized carbons (Fsp3) is 0.929. The van der Waals surface area contributed by atoms with Crippen molar-refractivity contribution in [2.45, 2.75) is 155 Å². The van der Waals surface area contributed by atoms with Gasteiger partial charge in [-0.2, -0.15) is 0 Å². The number of unbranched alkanes of at least 4 members (excludes halogenated alkanes) is 19. The average molecular weight is 511 g/mol. The summed E-state index contributed by atoms with van der Waals surface area (Å²) in [6.45, 7) is 4.46. The van der Waals surface area contributed by atoms with Gasteiger partial charge in [0.2, 0.25) is 10.4 Å². The zero-order valence-corrected chi connectivity index (χ0v) is 25.9. The molecule has 1 unspecified atom stereocenters. The summed E-state index contributed by atoms with van der Waals surface area (Å²) in [5, 5.41) is 0. The molecule has 0 bridgehead atoms. The van der Waals surface area contributed by atoms with Crippen LogP contribution in [0.4, 0.5) is 0 Å². The Morgan fingerprint density at radius 3 is 1.44 bits per heavy atom. The summed E-state index contributed by atoms with van der Waals surface area (Å²) in [5.41, 5.74) is 0. The normalized spacial score (nSPS) is 12.8. The summed E-state index contributed by atoms with van der Waals surface area (Å²) in [6, 6.07) is 0. The fourth-order valence-electron chi connectivity index (χ4n) is 4.34. The van der Waals surface area contributed by atoms with Crippen LogP contribution in [0.15, 0.2) is 12.2 Å². The van der Waals surface area contributed by atoms with Gasteiger partial charge in [0.05, 0.1) is 6.61 Å². The standard InChI is InChI=1S/C28H56O4S.Na/c1-3-5-7-9-11-12-13-14-15-16-17-18-19-20-22-24-26-28(27-32-33(29,30)31)25-23-21-10-8-6-4-2;/h24,26,28H,3-23,25,27H2,1-2H3,(H,29,30,31);/q;+1/p-1/b26-24+;. The molecule has 0 fully saturated rings. The van der Waals surface area contributed by atoms with Crippen LogP contribution in [0.3, 0.4) is 0 Å². The van der Waals surface area contributed by atoms with Crippen LogP contribution in [-0.2, 0) is 14.6 Å². The minimum Gasteiger partial charge on any atom is -0.726 e. The van der Waals surface area contributed by atoms with Gasteiger partial charge in [-0.15, -0.1) is 0 Å². The predicted octanol–water partition coefficient (Wildman–Crippen LogP) is 6.26. The maximum Gasteiger partial charge on any atom is 1.00 e. The van der Waals surface area contributed by atoms with Gasteiger partial charge in [0.15, 0.2) is 0 Å². The van der Waals surface area contributed by atoms with Crippen LogP contribution < -0.4 is 29.6 Å². The molecule has 0 N–H and O–H groups in total. The van der Waals surface area contributed by atoms with Crippen LogP contribution in [0, 0.1) is 5.92 Å². The number of rotatable bonds is 26. The van der Waals surface area contributed by atoms with Crippen LogP contribution in [-0.4, -0.2) is 19.6 Å². The Balaban J connectivity index is 0. The van der Waals surface area contributed by atoms with E-state index in [2.05, 4.69) is 30.2 Å². The predicted molar refractivity (Wildman–Crippen MR) is 141 cm³/mol. The fourth-order valence-corrected chi connectivity index (χ4v) is 4.68. The van der Waals surface area contributed by atoms with Crippen LogP contribution in [0.2, 0.25) is 0 Å². The van der Waals surface area contributed by atoms with Crippen molar-refractivity contribution in [2.75, 3.05) is 6.61 Å². The summed E-state index contributed by atoms with van der Waals surface area (Å²) in [7, 11) is -4.61. The van der Waals surface area contributed by atoms with E-state index in [1.54, 1.807) is 0 Å². The minimum atomic E-state index is -4.61. The Morgan fingerprint density at radius 1 is 0.647 bits per heavy atom. The summed E-state index contributed by atoms with van der Waals surface area (Å²) < 4.78 is 36.9. The molecule has 34 heavy (non-hydrogen) atoms. The molecular formula is C28H55NaO4S. The third kappa shape index (κ3) is 30.6. The monoisotopic (exact) mass is 510 g/mol. The van der Waals surface area contributed by atoms with Crippen LogP contribution in [0.1, 0.15) is 155 Å². The van der Waals surface area contributed by atoms with E-state index in [9.17, 15) is 13.0 Å². The van der Waals surface area contributed by atoms with Crippen molar-refractivity contribution in [3.05, 3.63) is 12.2 Å². The Hall–Kier alpha value is 0.610. The van der Waals surface area contributed by atoms with Crippen molar-refractivity contribution in [1.29, 1.82) is 0 Å². The zero-order chi connectivity index (χ0) is 24.5. The van der Waals surface area contributed by atoms with Crippen molar-refractivity contribution in [3.8, 4) is 0 Å². The summed E-state index contributed by atoms with van der Waals surface area (Å²) in [5.74, 6) is 0.0199. The van der Waals surface area contributed by atoms with Gasteiger partial charge in [-0.3, -0.25) is 4.18 Å². The van der Waals surface area contributed by atoms with E-state index in [0.29, 0.717) is 0 Å². The topological polar surface area (TPSA) is 66.4 Å². The molecule has 0 rings (SSSR count). The zero-order valence-electron chi connectivity index (χ0n) is 23.0. The first kappa shape index (κ1) is 36.8. The van der Waals surface area contributed by atoms with Crippen LogP contribution in [0.25, 0.3) is 0 Å². The van der Waals surface area contributed by atoms with Gasteiger partial charge in [0.1, 0.15) is 0 Å². The molecule has 0 heterocycles. The Morgan fingerprint density at radius 2 is 1.03 bits per heavy atom. The summed E-state index contributed by atoms with van der Waals surface area (Å²) in [6.07, 6.45) is 32.4. The van der Waals surface area contributed by atoms with Crippen molar-refractivity contribution < 1.29 is 46.7 Å². The largest absolute Gasteiger partial charge is 1.00 e. The van der Waals surface area contributed by atoms with Gasteiger partial charge in [0, 0.05) is 5.92 Å². The van der Waals surface area contributed by atoms with Gasteiger partial charge in [0.25, 0.3) is 0 Å². The van der Waals surface area contributed by atoms with Gasteiger partial charge in [-0.25, -0.2) is 8.42 Å². The molecule has 0 saturated carbocycles. The molecule has 0 aromatic carbocycles. The maximum absolute atomic E-state index is 10.8. The van der Waals surface area contributed by atoms with Crippen LogP contribution in [0.5, 0.6) is 0 Å². The molecule has 0 amide bonds. The third-order valence-corrected chi connectivity index (χ3v) is 6.91. The van der Waals surface area contributed by atoms with Crippen molar-refractivity contribution in [2.24, 2.45) is 5.92 Å². The van der Waals surface area contributed by atoms with Gasteiger partial charge < -0.3 is 4.55 Å². The smallest absolute Gasteiger partial charge is 0.726 e. The molecule has 0 aliphatic rings. The van der Waals surface area contributed by atoms with Gasteiger partial charge in [-0.1, -0.05) is 148 Å². The molecule has 0 spiro atoms. The van der Waals surface area contributed by atoms with Gasteiger partial charge in [-0.05, 0) is 19.3 Å². The molecular weight excluding hydrogens is 455 g/mol. The Labute approximate surface area is 235 Å². The molecule has 0 aliphatic carbocycles. The molecule has 0 aromatic heterocycles. The van der Waals surface area contributed by atoms with E-state index >= 15 is 0 Å². The molecule has 1 atom stereocenters. The molecule has 0 aromatic rings. The molecule has 0 aliphatic heterocycles. The quantitative estimate of drug-likeness (QED) is 0.0453. The molecule has 198 valence electrons. The number of hydrogen-bond donors (Lipinski definition) is 0. The molecule has 6 heteroatoms. The van der Waals surface area contributed by atoms with Crippen molar-refractivity contribution in [3.63, 3.8) is 0 Å². The van der Waals surface area contributed by atoms with E-state index < -0.39 is 10.4 Å². The van der Waals surface area contributed by atoms with Crippen molar-refractivity contribution >= 4 is 10.4 Å². The first-order valence-electron chi connectivity index (χ1n) is 14.3. The summed E-state index contributed by atoms with van der Waals surface area (Å²) >= 11 is 0. The van der Waals surface area contributed by atoms with Gasteiger partial charge >= 0.3 is 29.6 Å². The third-order valence-electron chi connectivity index (χ3n) is 6.49. The maximum atomic E-state index is 10.8. The van der Waals surface area contributed by atoms with Crippen LogP contribution >= 0.6 is 0 Å². The van der Waals surface area contributed by atoms with E-state index in [-0.39, 0.29) is 42.1 Å². The number of hydrogen-bond acceptors (Lipinski definition) is 4. The first-order valence-corrected chi connectivity index (χ1v) is 15.6. The summed E-state index contributed by atoms with van der Waals surface area (Å²) in [4.78, 5) is 0. The Kier molecular flexibility index (Phi) is 30.5. The second-order valence-corrected chi connectivity index (χ2v) is 10.9. The SMILES string of the molecule is CCCCCCCCCCCCCCCC/C=C/C(CCCCCCCC)COS(=O)(=O)[O-].[Na+]. The average Bonchev–Trinajstić information content (AvgIpc) is 2.78. The molecule has 0 saturated heterocycles.